The Morgan fingerprint density at radius 1 is 1.43 bits per heavy atom. The Labute approximate surface area is 91.8 Å². The van der Waals surface area contributed by atoms with Crippen LogP contribution in [0.3, 0.4) is 0 Å². The molecule has 1 saturated carbocycles. The van der Waals surface area contributed by atoms with Gasteiger partial charge in [-0.3, -0.25) is 0 Å². The van der Waals surface area contributed by atoms with E-state index in [-0.39, 0.29) is 11.4 Å². The largest absolute Gasteiger partial charge is 0.484 e. The Morgan fingerprint density at radius 3 is 2.71 bits per heavy atom. The number of benzene rings is 1. The van der Waals surface area contributed by atoms with Crippen molar-refractivity contribution in [3.63, 3.8) is 0 Å². The molecule has 0 spiro atoms. The van der Waals surface area contributed by atoms with Crippen LogP contribution in [0.5, 0.6) is 5.75 Å². The SMILES string of the molecule is Fc1ccc(Cl)c(OC2(CCl)CC2)c1. The summed E-state index contributed by atoms with van der Waals surface area (Å²) in [6.45, 7) is 0. The van der Waals surface area contributed by atoms with Gasteiger partial charge in [0, 0.05) is 6.07 Å². The lowest BCUT2D eigenvalue weighted by Gasteiger charge is -2.15. The van der Waals surface area contributed by atoms with E-state index >= 15 is 0 Å². The highest BCUT2D eigenvalue weighted by atomic mass is 35.5. The fourth-order valence-corrected chi connectivity index (χ4v) is 1.67. The van der Waals surface area contributed by atoms with Crippen molar-refractivity contribution in [2.45, 2.75) is 18.4 Å². The summed E-state index contributed by atoms with van der Waals surface area (Å²) in [4.78, 5) is 0. The number of alkyl halides is 1. The van der Waals surface area contributed by atoms with E-state index in [2.05, 4.69) is 0 Å². The molecule has 0 atom stereocenters. The third kappa shape index (κ3) is 1.96. The zero-order chi connectivity index (χ0) is 10.2. The predicted molar refractivity (Wildman–Crippen MR) is 54.7 cm³/mol. The van der Waals surface area contributed by atoms with Gasteiger partial charge >= 0.3 is 0 Å². The zero-order valence-electron chi connectivity index (χ0n) is 7.40. The second-order valence-corrected chi connectivity index (χ2v) is 4.17. The van der Waals surface area contributed by atoms with Gasteiger partial charge in [-0.25, -0.2) is 4.39 Å². The molecule has 0 radical (unpaired) electrons. The van der Waals surface area contributed by atoms with Gasteiger partial charge in [0.25, 0.3) is 0 Å². The Balaban J connectivity index is 2.20. The smallest absolute Gasteiger partial charge is 0.141 e. The van der Waals surface area contributed by atoms with Gasteiger partial charge in [-0.1, -0.05) is 11.6 Å². The van der Waals surface area contributed by atoms with Crippen LogP contribution in [0, 0.1) is 5.82 Å². The fourth-order valence-electron chi connectivity index (χ4n) is 1.19. The van der Waals surface area contributed by atoms with Gasteiger partial charge in [0.15, 0.2) is 0 Å². The quantitative estimate of drug-likeness (QED) is 0.727. The number of ether oxygens (including phenoxy) is 1. The number of halogens is 3. The molecule has 14 heavy (non-hydrogen) atoms. The highest BCUT2D eigenvalue weighted by molar-refractivity contribution is 6.32. The van der Waals surface area contributed by atoms with Crippen molar-refractivity contribution < 1.29 is 9.13 Å². The maximum Gasteiger partial charge on any atom is 0.141 e. The van der Waals surface area contributed by atoms with E-state index in [1.807, 2.05) is 0 Å². The molecule has 0 saturated heterocycles. The number of hydrogen-bond acceptors (Lipinski definition) is 1. The predicted octanol–water partition coefficient (Wildman–Crippen LogP) is 3.63. The second kappa shape index (κ2) is 3.59. The summed E-state index contributed by atoms with van der Waals surface area (Å²) in [6.07, 6.45) is 1.81. The molecule has 2 rings (SSSR count). The molecule has 1 aliphatic carbocycles. The van der Waals surface area contributed by atoms with Crippen molar-refractivity contribution in [1.29, 1.82) is 0 Å². The third-order valence-corrected chi connectivity index (χ3v) is 3.07. The van der Waals surface area contributed by atoms with Crippen molar-refractivity contribution in [1.82, 2.24) is 0 Å². The highest BCUT2D eigenvalue weighted by Crippen LogP contribution is 2.42. The normalized spacial score (nSPS) is 17.9. The van der Waals surface area contributed by atoms with E-state index in [0.29, 0.717) is 16.7 Å². The van der Waals surface area contributed by atoms with Gasteiger partial charge in [-0.05, 0) is 25.0 Å². The molecule has 0 bridgehead atoms. The van der Waals surface area contributed by atoms with Gasteiger partial charge in [-0.2, -0.15) is 0 Å². The Hall–Kier alpha value is -0.470. The zero-order valence-corrected chi connectivity index (χ0v) is 8.91. The van der Waals surface area contributed by atoms with E-state index < -0.39 is 0 Å². The molecule has 1 aliphatic rings. The molecule has 1 nitrogen and oxygen atoms in total. The molecule has 0 heterocycles. The van der Waals surface area contributed by atoms with Crippen LogP contribution in [-0.4, -0.2) is 11.5 Å². The van der Waals surface area contributed by atoms with E-state index in [1.165, 1.54) is 18.2 Å². The van der Waals surface area contributed by atoms with Crippen LogP contribution in [-0.2, 0) is 0 Å². The molecule has 0 aliphatic heterocycles. The summed E-state index contributed by atoms with van der Waals surface area (Å²) < 4.78 is 18.4. The van der Waals surface area contributed by atoms with Gasteiger partial charge in [-0.15, -0.1) is 11.6 Å². The average molecular weight is 235 g/mol. The monoisotopic (exact) mass is 234 g/mol. The van der Waals surface area contributed by atoms with E-state index in [1.54, 1.807) is 0 Å². The summed E-state index contributed by atoms with van der Waals surface area (Å²) in [6, 6.07) is 4.07. The van der Waals surface area contributed by atoms with Gasteiger partial charge in [0.05, 0.1) is 10.9 Å². The number of hydrogen-bond donors (Lipinski definition) is 0. The summed E-state index contributed by atoms with van der Waals surface area (Å²) in [5.74, 6) is 0.444. The summed E-state index contributed by atoms with van der Waals surface area (Å²) in [5.41, 5.74) is -0.307. The lowest BCUT2D eigenvalue weighted by atomic mass is 10.3. The van der Waals surface area contributed by atoms with E-state index in [0.717, 1.165) is 12.8 Å². The molecular formula is C10H9Cl2FO. The topological polar surface area (TPSA) is 9.23 Å². The van der Waals surface area contributed by atoms with E-state index in [9.17, 15) is 4.39 Å². The van der Waals surface area contributed by atoms with Crippen LogP contribution in [0.4, 0.5) is 4.39 Å². The van der Waals surface area contributed by atoms with Crippen LogP contribution in [0.25, 0.3) is 0 Å². The van der Waals surface area contributed by atoms with Gasteiger partial charge in [0.1, 0.15) is 17.2 Å². The summed E-state index contributed by atoms with van der Waals surface area (Å²) in [7, 11) is 0. The maximum atomic E-state index is 12.9. The molecular weight excluding hydrogens is 226 g/mol. The van der Waals surface area contributed by atoms with Crippen LogP contribution in [0.2, 0.25) is 5.02 Å². The standard InChI is InChI=1S/C10H9Cl2FO/c11-6-10(3-4-10)14-9-5-7(13)1-2-8(9)12/h1-2,5H,3-4,6H2. The van der Waals surface area contributed by atoms with Gasteiger partial charge in [0.2, 0.25) is 0 Å². The molecule has 0 unspecified atom stereocenters. The maximum absolute atomic E-state index is 12.9. The Morgan fingerprint density at radius 2 is 2.14 bits per heavy atom. The minimum Gasteiger partial charge on any atom is -0.484 e. The highest BCUT2D eigenvalue weighted by Gasteiger charge is 2.45. The first-order valence-electron chi connectivity index (χ1n) is 4.35. The van der Waals surface area contributed by atoms with E-state index in [4.69, 9.17) is 27.9 Å². The molecule has 4 heteroatoms. The first kappa shape index (κ1) is 10.1. The fraction of sp³-hybridized carbons (Fsp3) is 0.400. The van der Waals surface area contributed by atoms with Crippen molar-refractivity contribution >= 4 is 23.2 Å². The van der Waals surface area contributed by atoms with Crippen molar-refractivity contribution in [2.24, 2.45) is 0 Å². The lowest BCUT2D eigenvalue weighted by Crippen LogP contribution is -2.20. The van der Waals surface area contributed by atoms with Crippen LogP contribution in [0.1, 0.15) is 12.8 Å². The van der Waals surface area contributed by atoms with Crippen molar-refractivity contribution in [2.75, 3.05) is 5.88 Å². The lowest BCUT2D eigenvalue weighted by molar-refractivity contribution is 0.203. The molecule has 1 fully saturated rings. The Bertz CT molecular complexity index is 350. The summed E-state index contributed by atoms with van der Waals surface area (Å²) in [5, 5.41) is 0.419. The second-order valence-electron chi connectivity index (χ2n) is 3.49. The minimum absolute atomic E-state index is 0.307. The summed E-state index contributed by atoms with van der Waals surface area (Å²) >= 11 is 11.6. The van der Waals surface area contributed by atoms with Crippen LogP contribution < -0.4 is 4.74 Å². The molecule has 76 valence electrons. The van der Waals surface area contributed by atoms with Gasteiger partial charge < -0.3 is 4.74 Å². The minimum atomic E-state index is -0.352. The number of rotatable bonds is 3. The van der Waals surface area contributed by atoms with Crippen LogP contribution >= 0.6 is 23.2 Å². The van der Waals surface area contributed by atoms with Crippen LogP contribution in [0.15, 0.2) is 18.2 Å². The van der Waals surface area contributed by atoms with Crippen molar-refractivity contribution in [3.05, 3.63) is 29.0 Å². The first-order chi connectivity index (χ1) is 6.65. The average Bonchev–Trinajstić information content (AvgIpc) is 2.92. The Kier molecular flexibility index (Phi) is 2.58. The molecule has 1 aromatic carbocycles. The molecule has 1 aromatic rings. The first-order valence-corrected chi connectivity index (χ1v) is 5.26. The molecule has 0 N–H and O–H groups in total. The molecule has 0 amide bonds. The third-order valence-electron chi connectivity index (χ3n) is 2.27. The molecule has 0 aromatic heterocycles. The van der Waals surface area contributed by atoms with Crippen molar-refractivity contribution in [3.8, 4) is 5.75 Å².